The lowest BCUT2D eigenvalue weighted by Crippen LogP contribution is -2.23. The number of thiophene rings is 1. The molecule has 1 aromatic carbocycles. The molecule has 0 N–H and O–H groups in total. The molecule has 1 aliphatic carbocycles. The zero-order valence-electron chi connectivity index (χ0n) is 18.3. The molecule has 1 atom stereocenters. The SMILES string of the molecule is CCn1c(SCc2nc(-c3ccccc3OC)no2)nc2sc3c(c2c1=O)CCC(C)C3. The molecule has 0 saturated heterocycles. The lowest BCUT2D eigenvalue weighted by molar-refractivity contribution is 0.390. The summed E-state index contributed by atoms with van der Waals surface area (Å²) in [6, 6.07) is 7.56. The van der Waals surface area contributed by atoms with Crippen molar-refractivity contribution in [3.8, 4) is 17.1 Å². The van der Waals surface area contributed by atoms with Gasteiger partial charge in [-0.05, 0) is 49.8 Å². The van der Waals surface area contributed by atoms with Gasteiger partial charge in [0.05, 0.1) is 23.8 Å². The van der Waals surface area contributed by atoms with Crippen LogP contribution < -0.4 is 10.3 Å². The molecular formula is C23H24N4O3S2. The van der Waals surface area contributed by atoms with E-state index in [2.05, 4.69) is 17.1 Å². The summed E-state index contributed by atoms with van der Waals surface area (Å²) in [5.41, 5.74) is 2.06. The highest BCUT2D eigenvalue weighted by Gasteiger charge is 2.24. The molecule has 5 rings (SSSR count). The van der Waals surface area contributed by atoms with Gasteiger partial charge in [0.2, 0.25) is 11.7 Å². The molecule has 7 nitrogen and oxygen atoms in total. The molecule has 0 saturated carbocycles. The number of benzene rings is 1. The molecule has 1 unspecified atom stereocenters. The van der Waals surface area contributed by atoms with Gasteiger partial charge in [-0.25, -0.2) is 4.98 Å². The lowest BCUT2D eigenvalue weighted by atomic mass is 9.89. The van der Waals surface area contributed by atoms with Crippen molar-refractivity contribution in [2.24, 2.45) is 5.92 Å². The monoisotopic (exact) mass is 468 g/mol. The summed E-state index contributed by atoms with van der Waals surface area (Å²) in [5.74, 6) is 2.74. The smallest absolute Gasteiger partial charge is 0.263 e. The van der Waals surface area contributed by atoms with Gasteiger partial charge in [-0.1, -0.05) is 36.0 Å². The first-order valence-electron chi connectivity index (χ1n) is 10.7. The quantitative estimate of drug-likeness (QED) is 0.292. The summed E-state index contributed by atoms with van der Waals surface area (Å²) in [5, 5.41) is 5.61. The Morgan fingerprint density at radius 1 is 1.31 bits per heavy atom. The highest BCUT2D eigenvalue weighted by molar-refractivity contribution is 7.98. The van der Waals surface area contributed by atoms with Crippen LogP contribution in [0.3, 0.4) is 0 Å². The topological polar surface area (TPSA) is 83.0 Å². The minimum absolute atomic E-state index is 0.0623. The Bertz CT molecular complexity index is 1340. The molecule has 1 aliphatic rings. The van der Waals surface area contributed by atoms with Crippen LogP contribution in [-0.2, 0) is 25.1 Å². The van der Waals surface area contributed by atoms with E-state index in [-0.39, 0.29) is 5.56 Å². The van der Waals surface area contributed by atoms with Gasteiger partial charge in [0.15, 0.2) is 5.16 Å². The summed E-state index contributed by atoms with van der Waals surface area (Å²) in [6.45, 7) is 4.82. The molecule has 9 heteroatoms. The van der Waals surface area contributed by atoms with E-state index in [0.29, 0.717) is 40.8 Å². The van der Waals surface area contributed by atoms with Crippen molar-refractivity contribution in [1.29, 1.82) is 0 Å². The summed E-state index contributed by atoms with van der Waals surface area (Å²) in [4.78, 5) is 24.9. The van der Waals surface area contributed by atoms with Crippen LogP contribution in [0.2, 0.25) is 0 Å². The third-order valence-electron chi connectivity index (χ3n) is 5.84. The standard InChI is InChI=1S/C23H24N4O3S2/c1-4-27-22(28)19-15-10-9-13(2)11-17(15)32-21(19)25-23(27)31-12-18-24-20(26-30-18)14-7-5-6-8-16(14)29-3/h5-8,13H,4,9-12H2,1-3H3. The van der Waals surface area contributed by atoms with Crippen molar-refractivity contribution in [2.45, 2.75) is 50.6 Å². The average Bonchev–Trinajstić information content (AvgIpc) is 3.41. The first kappa shape index (κ1) is 21.2. The number of aromatic nitrogens is 4. The van der Waals surface area contributed by atoms with Crippen LogP contribution in [0.5, 0.6) is 5.75 Å². The first-order chi connectivity index (χ1) is 15.6. The van der Waals surface area contributed by atoms with Crippen LogP contribution in [0, 0.1) is 5.92 Å². The molecule has 0 spiro atoms. The number of aryl methyl sites for hydroxylation is 1. The van der Waals surface area contributed by atoms with Gasteiger partial charge in [0.25, 0.3) is 5.56 Å². The van der Waals surface area contributed by atoms with E-state index in [9.17, 15) is 4.79 Å². The Kier molecular flexibility index (Phi) is 5.77. The third kappa shape index (κ3) is 3.73. The minimum atomic E-state index is 0.0623. The molecule has 3 heterocycles. The van der Waals surface area contributed by atoms with Crippen molar-refractivity contribution in [2.75, 3.05) is 7.11 Å². The van der Waals surface area contributed by atoms with Gasteiger partial charge in [-0.3, -0.25) is 9.36 Å². The summed E-state index contributed by atoms with van der Waals surface area (Å²) in [7, 11) is 1.62. The number of fused-ring (bicyclic) bond motifs is 3. The van der Waals surface area contributed by atoms with E-state index in [1.165, 1.54) is 22.2 Å². The minimum Gasteiger partial charge on any atom is -0.496 e. The lowest BCUT2D eigenvalue weighted by Gasteiger charge is -2.17. The van der Waals surface area contributed by atoms with Crippen LogP contribution in [-0.4, -0.2) is 26.8 Å². The third-order valence-corrected chi connectivity index (χ3v) is 7.95. The zero-order chi connectivity index (χ0) is 22.2. The molecule has 0 aliphatic heterocycles. The summed E-state index contributed by atoms with van der Waals surface area (Å²) >= 11 is 3.12. The predicted molar refractivity (Wildman–Crippen MR) is 127 cm³/mol. The zero-order valence-corrected chi connectivity index (χ0v) is 19.9. The van der Waals surface area contributed by atoms with Gasteiger partial charge >= 0.3 is 0 Å². The number of thioether (sulfide) groups is 1. The van der Waals surface area contributed by atoms with Crippen LogP contribution in [0.4, 0.5) is 0 Å². The maximum Gasteiger partial charge on any atom is 0.263 e. The van der Waals surface area contributed by atoms with Gasteiger partial charge in [-0.2, -0.15) is 4.98 Å². The van der Waals surface area contributed by atoms with Gasteiger partial charge in [0.1, 0.15) is 10.6 Å². The molecule has 32 heavy (non-hydrogen) atoms. The highest BCUT2D eigenvalue weighted by atomic mass is 32.2. The fourth-order valence-corrected chi connectivity index (χ4v) is 6.50. The van der Waals surface area contributed by atoms with E-state index < -0.39 is 0 Å². The maximum absolute atomic E-state index is 13.3. The number of para-hydroxylation sites is 1. The van der Waals surface area contributed by atoms with Crippen molar-refractivity contribution < 1.29 is 9.26 Å². The average molecular weight is 469 g/mol. The van der Waals surface area contributed by atoms with Gasteiger partial charge in [0, 0.05) is 11.4 Å². The summed E-state index contributed by atoms with van der Waals surface area (Å²) < 4.78 is 12.6. The molecule has 0 radical (unpaired) electrons. The number of methoxy groups -OCH3 is 1. The van der Waals surface area contributed by atoms with Crippen molar-refractivity contribution in [1.82, 2.24) is 19.7 Å². The largest absolute Gasteiger partial charge is 0.496 e. The van der Waals surface area contributed by atoms with Crippen molar-refractivity contribution in [3.05, 3.63) is 51.0 Å². The fourth-order valence-electron chi connectivity index (χ4n) is 4.17. The molecular weight excluding hydrogens is 444 g/mol. The highest BCUT2D eigenvalue weighted by Crippen LogP contribution is 2.37. The molecule has 0 bridgehead atoms. The summed E-state index contributed by atoms with van der Waals surface area (Å²) in [6.07, 6.45) is 3.14. The van der Waals surface area contributed by atoms with Crippen molar-refractivity contribution in [3.63, 3.8) is 0 Å². The Morgan fingerprint density at radius 3 is 2.97 bits per heavy atom. The van der Waals surface area contributed by atoms with Crippen LogP contribution >= 0.6 is 23.1 Å². The first-order valence-corrected chi connectivity index (χ1v) is 12.5. The molecule has 0 fully saturated rings. The Morgan fingerprint density at radius 2 is 2.16 bits per heavy atom. The number of hydrogen-bond acceptors (Lipinski definition) is 8. The van der Waals surface area contributed by atoms with E-state index >= 15 is 0 Å². The second-order valence-electron chi connectivity index (χ2n) is 7.98. The second kappa shape index (κ2) is 8.71. The Labute approximate surface area is 193 Å². The normalized spacial score (nSPS) is 15.8. The number of ether oxygens (including phenoxy) is 1. The second-order valence-corrected chi connectivity index (χ2v) is 10.0. The number of rotatable bonds is 6. The molecule has 166 valence electrons. The fraction of sp³-hybridized carbons (Fsp3) is 0.391. The Balaban J connectivity index is 1.44. The van der Waals surface area contributed by atoms with Gasteiger partial charge < -0.3 is 9.26 Å². The van der Waals surface area contributed by atoms with E-state index in [4.69, 9.17) is 14.2 Å². The van der Waals surface area contributed by atoms with Crippen molar-refractivity contribution >= 4 is 33.3 Å². The number of nitrogens with zero attached hydrogens (tertiary/aromatic N) is 4. The van der Waals surface area contributed by atoms with Gasteiger partial charge in [-0.15, -0.1) is 11.3 Å². The molecule has 3 aromatic heterocycles. The van der Waals surface area contributed by atoms with E-state index in [1.54, 1.807) is 23.0 Å². The number of hydrogen-bond donors (Lipinski definition) is 0. The van der Waals surface area contributed by atoms with Crippen LogP contribution in [0.1, 0.15) is 36.6 Å². The van der Waals surface area contributed by atoms with E-state index in [0.717, 1.165) is 35.0 Å². The van der Waals surface area contributed by atoms with E-state index in [1.807, 2.05) is 31.2 Å². The maximum atomic E-state index is 13.3. The molecule has 4 aromatic rings. The van der Waals surface area contributed by atoms with Crippen LogP contribution in [0.25, 0.3) is 21.6 Å². The van der Waals surface area contributed by atoms with Crippen LogP contribution in [0.15, 0.2) is 38.7 Å². The predicted octanol–water partition coefficient (Wildman–Crippen LogP) is 4.95. The molecule has 0 amide bonds. The Hall–Kier alpha value is -2.65.